The Bertz CT molecular complexity index is 1020. The van der Waals surface area contributed by atoms with Crippen molar-refractivity contribution in [2.24, 2.45) is 0 Å². The van der Waals surface area contributed by atoms with Gasteiger partial charge in [-0.3, -0.25) is 14.9 Å². The van der Waals surface area contributed by atoms with Crippen LogP contribution in [0.5, 0.6) is 11.5 Å². The average Bonchev–Trinajstić information content (AvgIpc) is 2.95. The molecule has 1 aliphatic heterocycles. The van der Waals surface area contributed by atoms with Crippen LogP contribution in [0.1, 0.15) is 12.5 Å². The van der Waals surface area contributed by atoms with Gasteiger partial charge in [0.2, 0.25) is 0 Å². The molecule has 140 valence electrons. The molecule has 1 fully saturated rings. The third-order valence-corrected chi connectivity index (χ3v) is 5.50. The molecule has 0 radical (unpaired) electrons. The van der Waals surface area contributed by atoms with Crippen molar-refractivity contribution in [2.75, 3.05) is 6.61 Å². The molecule has 2 aromatic carbocycles. The molecule has 27 heavy (non-hydrogen) atoms. The van der Waals surface area contributed by atoms with E-state index in [9.17, 15) is 18.0 Å². The zero-order valence-electron chi connectivity index (χ0n) is 14.2. The van der Waals surface area contributed by atoms with Gasteiger partial charge < -0.3 is 8.92 Å². The molecule has 0 aliphatic carbocycles. The van der Waals surface area contributed by atoms with E-state index >= 15 is 0 Å². The Kier molecular flexibility index (Phi) is 5.52. The largest absolute Gasteiger partial charge is 0.490 e. The van der Waals surface area contributed by atoms with Crippen LogP contribution < -0.4 is 14.2 Å². The number of amides is 2. The highest BCUT2D eigenvalue weighted by Crippen LogP contribution is 2.33. The molecule has 7 nitrogen and oxygen atoms in total. The normalized spacial score (nSPS) is 15.7. The number of rotatable bonds is 6. The van der Waals surface area contributed by atoms with Crippen LogP contribution in [-0.4, -0.2) is 26.2 Å². The predicted octanol–water partition coefficient (Wildman–Crippen LogP) is 3.18. The standard InChI is InChI=1S/C18H15NO6S2/c1-2-24-15-10-12(11-16-17(20)19-18(21)26-16)8-9-14(15)25-27(22,23)13-6-4-3-5-7-13/h3-11H,2H2,1H3,(H,19,20,21)/b16-11-. The molecule has 1 heterocycles. The molecule has 2 amide bonds. The lowest BCUT2D eigenvalue weighted by molar-refractivity contribution is -0.115. The molecular weight excluding hydrogens is 390 g/mol. The van der Waals surface area contributed by atoms with Gasteiger partial charge in [-0.1, -0.05) is 24.3 Å². The molecule has 3 rings (SSSR count). The summed E-state index contributed by atoms with van der Waals surface area (Å²) in [4.78, 5) is 23.2. The Morgan fingerprint density at radius 1 is 1.07 bits per heavy atom. The second kappa shape index (κ2) is 7.85. The molecule has 1 aliphatic rings. The van der Waals surface area contributed by atoms with Crippen molar-refractivity contribution in [2.45, 2.75) is 11.8 Å². The number of nitrogens with one attached hydrogen (secondary N) is 1. The van der Waals surface area contributed by atoms with Crippen LogP contribution in [0.3, 0.4) is 0 Å². The Labute approximate surface area is 160 Å². The van der Waals surface area contributed by atoms with Gasteiger partial charge in [-0.05, 0) is 54.6 Å². The van der Waals surface area contributed by atoms with Crippen LogP contribution in [0.4, 0.5) is 4.79 Å². The van der Waals surface area contributed by atoms with E-state index in [2.05, 4.69) is 5.32 Å². The van der Waals surface area contributed by atoms with Crippen molar-refractivity contribution in [1.29, 1.82) is 0 Å². The number of ether oxygens (including phenoxy) is 1. The van der Waals surface area contributed by atoms with Gasteiger partial charge in [-0.25, -0.2) is 0 Å². The summed E-state index contributed by atoms with van der Waals surface area (Å²) in [7, 11) is -4.01. The minimum Gasteiger partial charge on any atom is -0.490 e. The molecule has 2 aromatic rings. The summed E-state index contributed by atoms with van der Waals surface area (Å²) in [6.45, 7) is 2.04. The van der Waals surface area contributed by atoms with Crippen molar-refractivity contribution >= 4 is 39.1 Å². The van der Waals surface area contributed by atoms with Gasteiger partial charge in [0.15, 0.2) is 11.5 Å². The lowest BCUT2D eigenvalue weighted by atomic mass is 10.2. The number of thioether (sulfide) groups is 1. The van der Waals surface area contributed by atoms with Crippen LogP contribution in [0.25, 0.3) is 6.08 Å². The maximum absolute atomic E-state index is 12.4. The van der Waals surface area contributed by atoms with Gasteiger partial charge in [-0.15, -0.1) is 0 Å². The number of imide groups is 1. The topological polar surface area (TPSA) is 98.8 Å². The minimum absolute atomic E-state index is 0.0242. The molecule has 0 spiro atoms. The van der Waals surface area contributed by atoms with Gasteiger partial charge in [0, 0.05) is 0 Å². The third kappa shape index (κ3) is 4.50. The Hall–Kier alpha value is -2.78. The fourth-order valence-electron chi connectivity index (χ4n) is 2.28. The van der Waals surface area contributed by atoms with Crippen LogP contribution in [0.2, 0.25) is 0 Å². The summed E-state index contributed by atoms with van der Waals surface area (Å²) in [6, 6.07) is 12.3. The van der Waals surface area contributed by atoms with E-state index in [-0.39, 0.29) is 27.9 Å². The van der Waals surface area contributed by atoms with Crippen LogP contribution in [-0.2, 0) is 14.9 Å². The van der Waals surface area contributed by atoms with Crippen LogP contribution in [0, 0.1) is 0 Å². The van der Waals surface area contributed by atoms with Crippen molar-refractivity contribution < 1.29 is 26.9 Å². The third-order valence-electron chi connectivity index (χ3n) is 3.44. The van der Waals surface area contributed by atoms with Gasteiger partial charge in [-0.2, -0.15) is 8.42 Å². The van der Waals surface area contributed by atoms with Gasteiger partial charge >= 0.3 is 10.1 Å². The highest BCUT2D eigenvalue weighted by molar-refractivity contribution is 8.18. The Morgan fingerprint density at radius 3 is 2.44 bits per heavy atom. The van der Waals surface area contributed by atoms with Gasteiger partial charge in [0.1, 0.15) is 4.90 Å². The maximum Gasteiger partial charge on any atom is 0.339 e. The van der Waals surface area contributed by atoms with Crippen molar-refractivity contribution in [3.63, 3.8) is 0 Å². The molecule has 1 N–H and O–H groups in total. The second-order valence-corrected chi connectivity index (χ2v) is 7.90. The highest BCUT2D eigenvalue weighted by Gasteiger charge is 2.25. The van der Waals surface area contributed by atoms with E-state index in [4.69, 9.17) is 8.92 Å². The fourth-order valence-corrected chi connectivity index (χ4v) is 3.92. The molecule has 9 heteroatoms. The van der Waals surface area contributed by atoms with E-state index in [0.29, 0.717) is 5.56 Å². The maximum atomic E-state index is 12.4. The number of hydrogen-bond acceptors (Lipinski definition) is 7. The molecule has 0 aromatic heterocycles. The fraction of sp³-hybridized carbons (Fsp3) is 0.111. The highest BCUT2D eigenvalue weighted by atomic mass is 32.2. The molecule has 1 saturated heterocycles. The van der Waals surface area contributed by atoms with Crippen molar-refractivity contribution in [1.82, 2.24) is 5.32 Å². The first-order valence-corrected chi connectivity index (χ1v) is 10.1. The first-order valence-electron chi connectivity index (χ1n) is 7.90. The lowest BCUT2D eigenvalue weighted by Crippen LogP contribution is -2.17. The summed E-state index contributed by atoms with van der Waals surface area (Å²) in [5.41, 5.74) is 0.565. The summed E-state index contributed by atoms with van der Waals surface area (Å²) >= 11 is 0.793. The quantitative estimate of drug-likeness (QED) is 0.582. The van der Waals surface area contributed by atoms with E-state index < -0.39 is 21.3 Å². The van der Waals surface area contributed by atoms with Gasteiger partial charge in [0.05, 0.1) is 11.5 Å². The number of carbonyl (C=O) groups is 2. The number of hydrogen-bond donors (Lipinski definition) is 1. The molecule has 0 saturated carbocycles. The number of carbonyl (C=O) groups excluding carboxylic acids is 2. The summed E-state index contributed by atoms with van der Waals surface area (Å²) in [5.74, 6) is -0.238. The van der Waals surface area contributed by atoms with E-state index in [1.807, 2.05) is 0 Å². The Morgan fingerprint density at radius 2 is 1.81 bits per heavy atom. The summed E-state index contributed by atoms with van der Waals surface area (Å²) in [5, 5.41) is 1.73. The first kappa shape index (κ1) is 19.0. The van der Waals surface area contributed by atoms with Crippen molar-refractivity contribution in [3.05, 3.63) is 59.0 Å². The zero-order valence-corrected chi connectivity index (χ0v) is 15.8. The molecular formula is C18H15NO6S2. The summed E-state index contributed by atoms with van der Waals surface area (Å²) in [6.07, 6.45) is 1.52. The monoisotopic (exact) mass is 405 g/mol. The van der Waals surface area contributed by atoms with E-state index in [0.717, 1.165) is 11.8 Å². The van der Waals surface area contributed by atoms with Gasteiger partial charge in [0.25, 0.3) is 11.1 Å². The predicted molar refractivity (Wildman–Crippen MR) is 101 cm³/mol. The smallest absolute Gasteiger partial charge is 0.339 e. The average molecular weight is 405 g/mol. The van der Waals surface area contributed by atoms with E-state index in [1.54, 1.807) is 37.3 Å². The molecule has 0 unspecified atom stereocenters. The lowest BCUT2D eigenvalue weighted by Gasteiger charge is -2.12. The Balaban J connectivity index is 1.92. The molecule has 0 bridgehead atoms. The SMILES string of the molecule is CCOc1cc(/C=C2\SC(=O)NC2=O)ccc1OS(=O)(=O)c1ccccc1. The van der Waals surface area contributed by atoms with Crippen molar-refractivity contribution in [3.8, 4) is 11.5 Å². The van der Waals surface area contributed by atoms with Crippen LogP contribution >= 0.6 is 11.8 Å². The van der Waals surface area contributed by atoms with E-state index in [1.165, 1.54) is 24.3 Å². The van der Waals surface area contributed by atoms with Crippen LogP contribution in [0.15, 0.2) is 58.3 Å². The first-order chi connectivity index (χ1) is 12.9. The molecule has 0 atom stereocenters. The summed E-state index contributed by atoms with van der Waals surface area (Å²) < 4.78 is 35.5. The second-order valence-electron chi connectivity index (χ2n) is 5.34. The zero-order chi connectivity index (χ0) is 19.4. The number of benzene rings is 2. The minimum atomic E-state index is -4.01.